The molecule has 1 amide bonds. The maximum atomic E-state index is 13.7. The van der Waals surface area contributed by atoms with Gasteiger partial charge in [-0.2, -0.15) is 0 Å². The predicted octanol–water partition coefficient (Wildman–Crippen LogP) is 1.33. The summed E-state index contributed by atoms with van der Waals surface area (Å²) in [4.78, 5) is 23.3. The average molecular weight is 268 g/mol. The smallest absolute Gasteiger partial charge is 0.272 e. The van der Waals surface area contributed by atoms with Gasteiger partial charge in [0.15, 0.2) is 0 Å². The fourth-order valence-electron chi connectivity index (χ4n) is 2.24. The molecule has 1 aliphatic heterocycles. The average Bonchev–Trinajstić information content (AvgIpc) is 2.85. The van der Waals surface area contributed by atoms with Gasteiger partial charge in [0.05, 0.1) is 29.2 Å². The van der Waals surface area contributed by atoms with Crippen LogP contribution in [0.5, 0.6) is 0 Å². The molecule has 0 spiro atoms. The lowest BCUT2D eigenvalue weighted by Crippen LogP contribution is -2.38. The molecule has 0 aromatic heterocycles. The lowest BCUT2D eigenvalue weighted by Gasteiger charge is -2.23. The predicted molar refractivity (Wildman–Crippen MR) is 64.2 cm³/mol. The fourth-order valence-corrected chi connectivity index (χ4v) is 2.24. The molecule has 1 saturated heterocycles. The molecule has 1 N–H and O–H groups in total. The number of nitro groups is 1. The van der Waals surface area contributed by atoms with Gasteiger partial charge in [0.25, 0.3) is 11.6 Å². The zero-order chi connectivity index (χ0) is 14.0. The molecule has 1 aliphatic rings. The number of nitro benzene ring substituents is 1. The normalized spacial score (nSPS) is 18.6. The van der Waals surface area contributed by atoms with Crippen LogP contribution in [0.2, 0.25) is 0 Å². The van der Waals surface area contributed by atoms with Gasteiger partial charge in [-0.15, -0.1) is 0 Å². The van der Waals surface area contributed by atoms with Crippen LogP contribution in [-0.2, 0) is 0 Å². The van der Waals surface area contributed by atoms with E-state index in [0.29, 0.717) is 13.0 Å². The Kier molecular flexibility index (Phi) is 3.75. The van der Waals surface area contributed by atoms with Crippen LogP contribution in [0.1, 0.15) is 23.2 Å². The highest BCUT2D eigenvalue weighted by molar-refractivity contribution is 5.95. The van der Waals surface area contributed by atoms with E-state index in [1.165, 1.54) is 4.90 Å². The van der Waals surface area contributed by atoms with E-state index < -0.39 is 22.3 Å². The number of hydrogen-bond acceptors (Lipinski definition) is 4. The number of rotatable bonds is 3. The number of carbonyl (C=O) groups excluding carboxylic acids is 1. The molecule has 0 bridgehead atoms. The Bertz CT molecular complexity index is 520. The number of aliphatic hydroxyl groups is 1. The minimum atomic E-state index is -0.914. The van der Waals surface area contributed by atoms with Crippen LogP contribution in [0.4, 0.5) is 10.1 Å². The van der Waals surface area contributed by atoms with Crippen LogP contribution in [0, 0.1) is 15.9 Å². The van der Waals surface area contributed by atoms with Crippen LogP contribution in [-0.4, -0.2) is 40.0 Å². The number of carbonyl (C=O) groups is 1. The molecule has 1 aromatic rings. The second kappa shape index (κ2) is 5.31. The van der Waals surface area contributed by atoms with E-state index in [-0.39, 0.29) is 18.2 Å². The van der Waals surface area contributed by atoms with E-state index in [1.54, 1.807) is 0 Å². The highest BCUT2D eigenvalue weighted by atomic mass is 19.1. The summed E-state index contributed by atoms with van der Waals surface area (Å²) < 4.78 is 13.7. The summed E-state index contributed by atoms with van der Waals surface area (Å²) >= 11 is 0. The SMILES string of the molecule is O=C(c1ccc([N+](=O)[O-])cc1F)N1CCC[C@H]1CO. The third-order valence-corrected chi connectivity index (χ3v) is 3.24. The molecule has 0 saturated carbocycles. The van der Waals surface area contributed by atoms with Gasteiger partial charge < -0.3 is 10.0 Å². The van der Waals surface area contributed by atoms with E-state index >= 15 is 0 Å². The number of likely N-dealkylation sites (tertiary alicyclic amines) is 1. The van der Waals surface area contributed by atoms with Crippen LogP contribution >= 0.6 is 0 Å². The molecule has 2 rings (SSSR count). The van der Waals surface area contributed by atoms with Gasteiger partial charge >= 0.3 is 0 Å². The van der Waals surface area contributed by atoms with Crippen molar-refractivity contribution in [1.29, 1.82) is 0 Å². The van der Waals surface area contributed by atoms with Crippen molar-refractivity contribution < 1.29 is 19.2 Å². The van der Waals surface area contributed by atoms with Crippen molar-refractivity contribution in [3.05, 3.63) is 39.7 Å². The number of aliphatic hydroxyl groups excluding tert-OH is 1. The summed E-state index contributed by atoms with van der Waals surface area (Å²) in [6.07, 6.45) is 1.43. The van der Waals surface area contributed by atoms with Crippen LogP contribution in [0.15, 0.2) is 18.2 Å². The Morgan fingerprint density at radius 2 is 2.32 bits per heavy atom. The number of amides is 1. The Morgan fingerprint density at radius 1 is 1.58 bits per heavy atom. The Labute approximate surface area is 108 Å². The summed E-state index contributed by atoms with van der Waals surface area (Å²) in [5.74, 6) is -1.45. The summed E-state index contributed by atoms with van der Waals surface area (Å²) in [6.45, 7) is 0.292. The molecule has 0 aliphatic carbocycles. The Hall–Kier alpha value is -2.02. The van der Waals surface area contributed by atoms with E-state index in [9.17, 15) is 19.3 Å². The zero-order valence-electron chi connectivity index (χ0n) is 10.1. The van der Waals surface area contributed by atoms with E-state index in [2.05, 4.69) is 0 Å². The largest absolute Gasteiger partial charge is 0.394 e. The second-order valence-electron chi connectivity index (χ2n) is 4.40. The maximum absolute atomic E-state index is 13.7. The van der Waals surface area contributed by atoms with Gasteiger partial charge in [-0.1, -0.05) is 0 Å². The lowest BCUT2D eigenvalue weighted by molar-refractivity contribution is -0.385. The number of nitrogens with zero attached hydrogens (tertiary/aromatic N) is 2. The van der Waals surface area contributed by atoms with Crippen molar-refractivity contribution in [2.75, 3.05) is 13.2 Å². The first-order valence-electron chi connectivity index (χ1n) is 5.90. The van der Waals surface area contributed by atoms with Crippen molar-refractivity contribution in [2.24, 2.45) is 0 Å². The quantitative estimate of drug-likeness (QED) is 0.662. The summed E-state index contributed by atoms with van der Waals surface area (Å²) in [5.41, 5.74) is -0.597. The van der Waals surface area contributed by atoms with Crippen molar-refractivity contribution in [3.63, 3.8) is 0 Å². The number of halogens is 1. The minimum Gasteiger partial charge on any atom is -0.394 e. The molecule has 1 atom stereocenters. The van der Waals surface area contributed by atoms with Gasteiger partial charge in [0, 0.05) is 12.6 Å². The molecule has 1 heterocycles. The van der Waals surface area contributed by atoms with Crippen LogP contribution < -0.4 is 0 Å². The van der Waals surface area contributed by atoms with E-state index in [1.807, 2.05) is 0 Å². The van der Waals surface area contributed by atoms with E-state index in [0.717, 1.165) is 24.6 Å². The molecule has 1 fully saturated rings. The summed E-state index contributed by atoms with van der Waals surface area (Å²) in [6, 6.07) is 2.64. The highest BCUT2D eigenvalue weighted by Crippen LogP contribution is 2.23. The van der Waals surface area contributed by atoms with Gasteiger partial charge in [-0.05, 0) is 18.9 Å². The summed E-state index contributed by atoms with van der Waals surface area (Å²) in [7, 11) is 0. The van der Waals surface area contributed by atoms with Crippen LogP contribution in [0.3, 0.4) is 0 Å². The monoisotopic (exact) mass is 268 g/mol. The van der Waals surface area contributed by atoms with Crippen LogP contribution in [0.25, 0.3) is 0 Å². The molecular weight excluding hydrogens is 255 g/mol. The second-order valence-corrected chi connectivity index (χ2v) is 4.40. The van der Waals surface area contributed by atoms with E-state index in [4.69, 9.17) is 5.11 Å². The van der Waals surface area contributed by atoms with Gasteiger partial charge in [0.2, 0.25) is 0 Å². The first-order chi connectivity index (χ1) is 9.04. The number of non-ortho nitro benzene ring substituents is 1. The summed E-state index contributed by atoms with van der Waals surface area (Å²) in [5, 5.41) is 19.6. The zero-order valence-corrected chi connectivity index (χ0v) is 10.1. The topological polar surface area (TPSA) is 83.7 Å². The number of benzene rings is 1. The lowest BCUT2D eigenvalue weighted by atomic mass is 10.1. The molecule has 0 radical (unpaired) electrons. The molecular formula is C12H13FN2O4. The maximum Gasteiger partial charge on any atom is 0.272 e. The minimum absolute atomic E-state index is 0.166. The molecule has 102 valence electrons. The van der Waals surface area contributed by atoms with Gasteiger partial charge in [0.1, 0.15) is 5.82 Å². The van der Waals surface area contributed by atoms with Gasteiger partial charge in [-0.3, -0.25) is 14.9 Å². The molecule has 7 heteroatoms. The Morgan fingerprint density at radius 3 is 2.89 bits per heavy atom. The molecule has 0 unspecified atom stereocenters. The highest BCUT2D eigenvalue weighted by Gasteiger charge is 2.30. The molecule has 6 nitrogen and oxygen atoms in total. The first-order valence-corrected chi connectivity index (χ1v) is 5.90. The Balaban J connectivity index is 2.26. The standard InChI is InChI=1S/C12H13FN2O4/c13-11-6-8(15(18)19)3-4-10(11)12(17)14-5-1-2-9(14)7-16/h3-4,6,9,16H,1-2,5,7H2/t9-/m0/s1. The van der Waals surface area contributed by atoms with Gasteiger partial charge in [-0.25, -0.2) is 4.39 Å². The third kappa shape index (κ3) is 2.55. The first kappa shape index (κ1) is 13.4. The molecule has 1 aromatic carbocycles. The third-order valence-electron chi connectivity index (χ3n) is 3.24. The number of hydrogen-bond donors (Lipinski definition) is 1. The van der Waals surface area contributed by atoms with Crippen molar-refractivity contribution in [1.82, 2.24) is 4.90 Å². The molecule has 19 heavy (non-hydrogen) atoms. The van der Waals surface area contributed by atoms with Crippen molar-refractivity contribution >= 4 is 11.6 Å². The fraction of sp³-hybridized carbons (Fsp3) is 0.417. The van der Waals surface area contributed by atoms with Crippen molar-refractivity contribution in [3.8, 4) is 0 Å². The van der Waals surface area contributed by atoms with Crippen molar-refractivity contribution in [2.45, 2.75) is 18.9 Å².